The van der Waals surface area contributed by atoms with Crippen LogP contribution in [0, 0.1) is 0 Å². The Bertz CT molecular complexity index is 1090. The first-order valence-corrected chi connectivity index (χ1v) is 8.89. The minimum absolute atomic E-state index is 0.0171. The van der Waals surface area contributed by atoms with Crippen LogP contribution in [0.2, 0.25) is 0 Å². The Labute approximate surface area is 163 Å². The number of aromatic nitrogens is 3. The fraction of sp³-hybridized carbons (Fsp3) is 0.263. The van der Waals surface area contributed by atoms with Gasteiger partial charge in [0.1, 0.15) is 5.65 Å². The van der Waals surface area contributed by atoms with E-state index in [0.29, 0.717) is 22.3 Å². The van der Waals surface area contributed by atoms with Crippen LogP contribution in [0.15, 0.2) is 43.0 Å². The topological polar surface area (TPSA) is 103 Å². The Kier molecular flexibility index (Phi) is 4.61. The highest BCUT2D eigenvalue weighted by Crippen LogP contribution is 2.29. The number of pyridine rings is 2. The Balaban J connectivity index is 1.60. The molecule has 0 saturated carbocycles. The third kappa shape index (κ3) is 3.86. The molecule has 3 aromatic rings. The van der Waals surface area contributed by atoms with Crippen LogP contribution in [-0.2, 0) is 0 Å². The molecule has 1 aliphatic heterocycles. The Morgan fingerprint density at radius 2 is 1.90 bits per heavy atom. The fourth-order valence-corrected chi connectivity index (χ4v) is 3.28. The molecule has 3 aromatic heterocycles. The molecule has 1 aliphatic rings. The third-order valence-electron chi connectivity index (χ3n) is 4.75. The molecular weight excluding hydrogens is 384 g/mol. The van der Waals surface area contributed by atoms with Gasteiger partial charge in [0.2, 0.25) is 0 Å². The highest BCUT2D eigenvalue weighted by Gasteiger charge is 2.35. The molecule has 8 nitrogen and oxygen atoms in total. The van der Waals surface area contributed by atoms with E-state index in [9.17, 15) is 18.4 Å². The number of likely N-dealkylation sites (tertiary alicyclic amines) is 1. The van der Waals surface area contributed by atoms with Crippen LogP contribution < -0.4 is 10.5 Å². The lowest BCUT2D eigenvalue weighted by Gasteiger charge is -2.31. The van der Waals surface area contributed by atoms with Crippen LogP contribution in [0.25, 0.3) is 16.7 Å². The predicted octanol–water partition coefficient (Wildman–Crippen LogP) is 2.75. The lowest BCUT2D eigenvalue weighted by Crippen LogP contribution is -2.42. The van der Waals surface area contributed by atoms with E-state index in [0.717, 1.165) is 0 Å². The van der Waals surface area contributed by atoms with Gasteiger partial charge < -0.3 is 15.4 Å². The molecule has 2 N–H and O–H groups in total. The van der Waals surface area contributed by atoms with E-state index >= 15 is 0 Å². The van der Waals surface area contributed by atoms with Crippen molar-refractivity contribution in [2.75, 3.05) is 13.1 Å². The second-order valence-corrected chi connectivity index (χ2v) is 6.77. The van der Waals surface area contributed by atoms with E-state index in [1.54, 1.807) is 35.2 Å². The molecule has 2 amide bonds. The third-order valence-corrected chi connectivity index (χ3v) is 4.75. The summed E-state index contributed by atoms with van der Waals surface area (Å²) < 4.78 is 33.2. The van der Waals surface area contributed by atoms with Gasteiger partial charge in [0.15, 0.2) is 5.75 Å². The van der Waals surface area contributed by atoms with Gasteiger partial charge in [0.05, 0.1) is 23.6 Å². The number of carbonyl (C=O) groups excluding carboxylic acids is 2. The molecule has 10 heteroatoms. The van der Waals surface area contributed by atoms with E-state index in [1.165, 1.54) is 17.3 Å². The summed E-state index contributed by atoms with van der Waals surface area (Å²) >= 11 is 0. The Hall–Kier alpha value is -3.56. The number of alkyl halides is 2. The summed E-state index contributed by atoms with van der Waals surface area (Å²) in [5, 5.41) is 0.694. The molecule has 1 saturated heterocycles. The molecule has 0 bridgehead atoms. The van der Waals surface area contributed by atoms with Crippen LogP contribution in [0.4, 0.5) is 13.6 Å². The second kappa shape index (κ2) is 7.12. The Morgan fingerprint density at radius 3 is 2.62 bits per heavy atom. The first-order chi connectivity index (χ1) is 13.8. The largest absolute Gasteiger partial charge is 0.410 e. The maximum atomic E-state index is 13.3. The molecular formula is C19H17F2N5O3. The number of hydrogen-bond donors (Lipinski definition) is 1. The number of nitrogens with two attached hydrogens (primary N) is 1. The minimum Gasteiger partial charge on any atom is -0.409 e. The summed E-state index contributed by atoms with van der Waals surface area (Å²) in [5.74, 6) is -2.84. The number of fused-ring (bicyclic) bond motifs is 1. The summed E-state index contributed by atoms with van der Waals surface area (Å²) in [6.07, 6.45) is 4.46. The molecule has 4 rings (SSSR count). The Morgan fingerprint density at radius 1 is 1.14 bits per heavy atom. The zero-order valence-corrected chi connectivity index (χ0v) is 15.2. The summed E-state index contributed by atoms with van der Waals surface area (Å²) in [7, 11) is 0. The van der Waals surface area contributed by atoms with Crippen LogP contribution >= 0.6 is 0 Å². The van der Waals surface area contributed by atoms with Crippen molar-refractivity contribution >= 4 is 23.0 Å². The lowest BCUT2D eigenvalue weighted by atomic mass is 10.1. The van der Waals surface area contributed by atoms with Crippen molar-refractivity contribution in [1.29, 1.82) is 0 Å². The molecule has 1 fully saturated rings. The predicted molar refractivity (Wildman–Crippen MR) is 99.2 cm³/mol. The van der Waals surface area contributed by atoms with E-state index in [1.807, 2.05) is 0 Å². The number of carbonyl (C=O) groups is 2. The second-order valence-electron chi connectivity index (χ2n) is 6.77. The number of ether oxygens (including phenoxy) is 1. The van der Waals surface area contributed by atoms with Crippen molar-refractivity contribution in [2.45, 2.75) is 18.8 Å². The van der Waals surface area contributed by atoms with Crippen LogP contribution in [0.3, 0.4) is 0 Å². The summed E-state index contributed by atoms with van der Waals surface area (Å²) in [4.78, 5) is 33.4. The quantitative estimate of drug-likeness (QED) is 0.727. The molecule has 29 heavy (non-hydrogen) atoms. The minimum atomic E-state index is -2.71. The van der Waals surface area contributed by atoms with Crippen molar-refractivity contribution in [3.05, 3.63) is 48.5 Å². The van der Waals surface area contributed by atoms with Crippen LogP contribution in [-0.4, -0.2) is 50.4 Å². The number of halogens is 2. The first-order valence-electron chi connectivity index (χ1n) is 8.89. The van der Waals surface area contributed by atoms with Gasteiger partial charge in [0, 0.05) is 49.8 Å². The van der Waals surface area contributed by atoms with Crippen LogP contribution in [0.5, 0.6) is 5.75 Å². The normalized spacial score (nSPS) is 16.0. The van der Waals surface area contributed by atoms with Crippen LogP contribution in [0.1, 0.15) is 23.2 Å². The first kappa shape index (κ1) is 18.8. The number of amides is 2. The smallest absolute Gasteiger partial charge is 0.409 e. The molecule has 4 heterocycles. The molecule has 0 aromatic carbocycles. The fourth-order valence-electron chi connectivity index (χ4n) is 3.28. The van der Waals surface area contributed by atoms with Crippen molar-refractivity contribution in [3.63, 3.8) is 0 Å². The number of rotatable bonds is 3. The average Bonchev–Trinajstić information content (AvgIpc) is 3.10. The summed E-state index contributed by atoms with van der Waals surface area (Å²) in [5.41, 5.74) is 6.50. The van der Waals surface area contributed by atoms with Gasteiger partial charge in [-0.2, -0.15) is 0 Å². The molecule has 150 valence electrons. The molecule has 0 atom stereocenters. The zero-order valence-electron chi connectivity index (χ0n) is 15.2. The maximum absolute atomic E-state index is 13.3. The van der Waals surface area contributed by atoms with E-state index in [-0.39, 0.29) is 37.6 Å². The van der Waals surface area contributed by atoms with Crippen molar-refractivity contribution in [3.8, 4) is 11.4 Å². The van der Waals surface area contributed by atoms with Crippen molar-refractivity contribution < 1.29 is 23.1 Å². The lowest BCUT2D eigenvalue weighted by molar-refractivity contribution is -0.0494. The standard InChI is InChI=1S/C19H17F2N5O3/c20-19(21)2-5-25(6-3-19)17(27)13-7-12-1-4-26(16(12)24-9-13)14-8-15(11-23-10-14)29-18(22)28/h1,4,7-11H,2-3,5-6H2,(H2,22,28). The SMILES string of the molecule is NC(=O)Oc1cncc(-n2ccc3cc(C(=O)N4CCC(F)(F)CC4)cnc32)c1. The number of primary amides is 1. The number of nitrogens with zero attached hydrogens (tertiary/aromatic N) is 4. The van der Waals surface area contributed by atoms with Gasteiger partial charge in [-0.25, -0.2) is 18.6 Å². The average molecular weight is 401 g/mol. The van der Waals surface area contributed by atoms with Gasteiger partial charge >= 0.3 is 6.09 Å². The van der Waals surface area contributed by atoms with Crippen molar-refractivity contribution in [1.82, 2.24) is 19.4 Å². The van der Waals surface area contributed by atoms with Gasteiger partial charge in [-0.05, 0) is 12.1 Å². The van der Waals surface area contributed by atoms with Gasteiger partial charge in [0.25, 0.3) is 11.8 Å². The van der Waals surface area contributed by atoms with Crippen molar-refractivity contribution in [2.24, 2.45) is 5.73 Å². The van der Waals surface area contributed by atoms with E-state index < -0.39 is 12.0 Å². The molecule has 0 aliphatic carbocycles. The number of piperidine rings is 1. The number of hydrogen-bond acceptors (Lipinski definition) is 5. The highest BCUT2D eigenvalue weighted by atomic mass is 19.3. The molecule has 0 spiro atoms. The monoisotopic (exact) mass is 401 g/mol. The van der Waals surface area contributed by atoms with E-state index in [2.05, 4.69) is 9.97 Å². The maximum Gasteiger partial charge on any atom is 0.410 e. The zero-order chi connectivity index (χ0) is 20.6. The molecule has 0 unspecified atom stereocenters. The summed E-state index contributed by atoms with van der Waals surface area (Å²) in [6, 6.07) is 5.02. The van der Waals surface area contributed by atoms with Gasteiger partial charge in [-0.15, -0.1) is 0 Å². The van der Waals surface area contributed by atoms with Gasteiger partial charge in [-0.1, -0.05) is 0 Å². The highest BCUT2D eigenvalue weighted by molar-refractivity contribution is 5.97. The van der Waals surface area contributed by atoms with E-state index in [4.69, 9.17) is 10.5 Å². The summed E-state index contributed by atoms with van der Waals surface area (Å²) in [6.45, 7) is 0.0341. The molecule has 0 radical (unpaired) electrons. The van der Waals surface area contributed by atoms with Gasteiger partial charge in [-0.3, -0.25) is 14.3 Å².